The first-order valence-electron chi connectivity index (χ1n) is 6.92. The third kappa shape index (κ3) is 7.11. The molecule has 0 radical (unpaired) electrons. The molecule has 0 fully saturated rings. The van der Waals surface area contributed by atoms with Gasteiger partial charge >= 0.3 is 0 Å². The molecule has 1 amide bonds. The number of methoxy groups -OCH3 is 1. The van der Waals surface area contributed by atoms with Crippen LogP contribution in [0.25, 0.3) is 0 Å². The number of rotatable bonds is 10. The highest BCUT2D eigenvalue weighted by molar-refractivity contribution is 5.81. The van der Waals surface area contributed by atoms with Gasteiger partial charge in [-0.25, -0.2) is 0 Å². The van der Waals surface area contributed by atoms with E-state index in [-0.39, 0.29) is 11.9 Å². The van der Waals surface area contributed by atoms with Gasteiger partial charge < -0.3 is 20.1 Å². The van der Waals surface area contributed by atoms with E-state index in [9.17, 15) is 4.79 Å². The Balaban J connectivity index is 2.07. The maximum atomic E-state index is 11.7. The summed E-state index contributed by atoms with van der Waals surface area (Å²) in [5.74, 6) is 0.840. The van der Waals surface area contributed by atoms with E-state index in [1.807, 2.05) is 37.3 Å². The van der Waals surface area contributed by atoms with Crippen molar-refractivity contribution in [3.63, 3.8) is 0 Å². The second-order valence-electron chi connectivity index (χ2n) is 4.47. The minimum absolute atomic E-state index is 0.000754. The zero-order valence-electron chi connectivity index (χ0n) is 12.2. The summed E-state index contributed by atoms with van der Waals surface area (Å²) in [5.41, 5.74) is 0. The normalized spacial score (nSPS) is 11.9. The lowest BCUT2D eigenvalue weighted by Crippen LogP contribution is -2.43. The van der Waals surface area contributed by atoms with Crippen molar-refractivity contribution in [2.45, 2.75) is 19.4 Å². The number of amides is 1. The van der Waals surface area contributed by atoms with Crippen LogP contribution in [0.1, 0.15) is 13.3 Å². The smallest absolute Gasteiger partial charge is 0.236 e. The molecule has 5 heteroatoms. The van der Waals surface area contributed by atoms with Crippen LogP contribution in [0.5, 0.6) is 5.75 Å². The topological polar surface area (TPSA) is 59.6 Å². The standard InChI is InChI=1S/C15H24N2O3/c1-13(15(18)17-9-6-11-19-2)16-10-12-20-14-7-4-3-5-8-14/h3-5,7-8,13,16H,6,9-12H2,1-2H3,(H,17,18). The SMILES string of the molecule is COCCCNC(=O)C(C)NCCOc1ccccc1. The van der Waals surface area contributed by atoms with E-state index >= 15 is 0 Å². The number of carbonyl (C=O) groups excluding carboxylic acids is 1. The van der Waals surface area contributed by atoms with E-state index < -0.39 is 0 Å². The molecule has 0 saturated carbocycles. The summed E-state index contributed by atoms with van der Waals surface area (Å²) in [6.07, 6.45) is 0.825. The minimum Gasteiger partial charge on any atom is -0.492 e. The van der Waals surface area contributed by atoms with E-state index in [0.29, 0.717) is 26.3 Å². The number of ether oxygens (including phenoxy) is 2. The van der Waals surface area contributed by atoms with Gasteiger partial charge in [-0.2, -0.15) is 0 Å². The zero-order valence-corrected chi connectivity index (χ0v) is 12.2. The summed E-state index contributed by atoms with van der Waals surface area (Å²) in [5, 5.41) is 5.98. The highest BCUT2D eigenvalue weighted by Gasteiger charge is 2.10. The van der Waals surface area contributed by atoms with Gasteiger partial charge in [-0.1, -0.05) is 18.2 Å². The van der Waals surface area contributed by atoms with Crippen LogP contribution in [0.4, 0.5) is 0 Å². The highest BCUT2D eigenvalue weighted by atomic mass is 16.5. The predicted molar refractivity (Wildman–Crippen MR) is 78.9 cm³/mol. The number of carbonyl (C=O) groups is 1. The Kier molecular flexibility index (Phi) is 8.42. The summed E-state index contributed by atoms with van der Waals surface area (Å²) >= 11 is 0. The average Bonchev–Trinajstić information content (AvgIpc) is 2.48. The van der Waals surface area contributed by atoms with Crippen LogP contribution in [0, 0.1) is 0 Å². The van der Waals surface area contributed by atoms with E-state index in [1.54, 1.807) is 7.11 Å². The molecule has 0 aliphatic rings. The van der Waals surface area contributed by atoms with Crippen molar-refractivity contribution in [1.82, 2.24) is 10.6 Å². The van der Waals surface area contributed by atoms with Crippen molar-refractivity contribution >= 4 is 5.91 Å². The maximum absolute atomic E-state index is 11.7. The maximum Gasteiger partial charge on any atom is 0.236 e. The fourth-order valence-electron chi connectivity index (χ4n) is 1.63. The first-order chi connectivity index (χ1) is 9.74. The third-order valence-corrected chi connectivity index (χ3v) is 2.78. The van der Waals surface area contributed by atoms with Crippen molar-refractivity contribution in [3.05, 3.63) is 30.3 Å². The number of hydrogen-bond donors (Lipinski definition) is 2. The first kappa shape index (κ1) is 16.5. The molecule has 0 aliphatic heterocycles. The quantitative estimate of drug-likeness (QED) is 0.632. The van der Waals surface area contributed by atoms with E-state index in [2.05, 4.69) is 10.6 Å². The Morgan fingerprint density at radius 3 is 2.65 bits per heavy atom. The van der Waals surface area contributed by atoms with Crippen molar-refractivity contribution < 1.29 is 14.3 Å². The molecule has 1 rings (SSSR count). The second-order valence-corrected chi connectivity index (χ2v) is 4.47. The largest absolute Gasteiger partial charge is 0.492 e. The van der Waals surface area contributed by atoms with Gasteiger partial charge in [-0.15, -0.1) is 0 Å². The lowest BCUT2D eigenvalue weighted by Gasteiger charge is -2.14. The van der Waals surface area contributed by atoms with Crippen LogP contribution in [-0.2, 0) is 9.53 Å². The van der Waals surface area contributed by atoms with E-state index in [0.717, 1.165) is 12.2 Å². The lowest BCUT2D eigenvalue weighted by atomic mass is 10.3. The van der Waals surface area contributed by atoms with Crippen LogP contribution in [0.3, 0.4) is 0 Å². The van der Waals surface area contributed by atoms with Crippen LogP contribution < -0.4 is 15.4 Å². The Hall–Kier alpha value is -1.59. The minimum atomic E-state index is -0.225. The molecule has 5 nitrogen and oxygen atoms in total. The number of benzene rings is 1. The van der Waals surface area contributed by atoms with Crippen LogP contribution >= 0.6 is 0 Å². The van der Waals surface area contributed by atoms with Gasteiger partial charge in [0.2, 0.25) is 5.91 Å². The molecule has 0 bridgehead atoms. The Morgan fingerprint density at radius 2 is 1.95 bits per heavy atom. The average molecular weight is 280 g/mol. The molecule has 20 heavy (non-hydrogen) atoms. The highest BCUT2D eigenvalue weighted by Crippen LogP contribution is 2.07. The molecule has 2 N–H and O–H groups in total. The monoisotopic (exact) mass is 280 g/mol. The van der Waals surface area contributed by atoms with Gasteiger partial charge in [0, 0.05) is 26.8 Å². The van der Waals surface area contributed by atoms with Gasteiger partial charge in [0.1, 0.15) is 12.4 Å². The fraction of sp³-hybridized carbons (Fsp3) is 0.533. The molecular weight excluding hydrogens is 256 g/mol. The molecule has 0 aliphatic carbocycles. The van der Waals surface area contributed by atoms with Gasteiger partial charge in [0.15, 0.2) is 0 Å². The van der Waals surface area contributed by atoms with Gasteiger partial charge in [-0.05, 0) is 25.5 Å². The first-order valence-corrected chi connectivity index (χ1v) is 6.92. The Morgan fingerprint density at radius 1 is 1.20 bits per heavy atom. The summed E-state index contributed by atoms with van der Waals surface area (Å²) in [7, 11) is 1.65. The van der Waals surface area contributed by atoms with Gasteiger partial charge in [-0.3, -0.25) is 4.79 Å². The Bertz CT molecular complexity index is 371. The summed E-state index contributed by atoms with van der Waals surface area (Å²) in [6.45, 7) is 4.30. The van der Waals surface area contributed by atoms with Crippen LogP contribution in [-0.4, -0.2) is 45.4 Å². The Labute approximate surface area is 120 Å². The van der Waals surface area contributed by atoms with Crippen molar-refractivity contribution in [1.29, 1.82) is 0 Å². The summed E-state index contributed by atoms with van der Waals surface area (Å²) in [6, 6.07) is 9.40. The molecule has 1 aromatic carbocycles. The van der Waals surface area contributed by atoms with Gasteiger partial charge in [0.25, 0.3) is 0 Å². The van der Waals surface area contributed by atoms with Gasteiger partial charge in [0.05, 0.1) is 6.04 Å². The zero-order chi connectivity index (χ0) is 14.6. The molecule has 0 aromatic heterocycles. The molecule has 0 heterocycles. The van der Waals surface area contributed by atoms with Crippen molar-refractivity contribution in [3.8, 4) is 5.75 Å². The molecule has 112 valence electrons. The fourth-order valence-corrected chi connectivity index (χ4v) is 1.63. The molecule has 1 atom stereocenters. The number of nitrogens with one attached hydrogen (secondary N) is 2. The summed E-state index contributed by atoms with van der Waals surface area (Å²) in [4.78, 5) is 11.7. The molecule has 1 aromatic rings. The van der Waals surface area contributed by atoms with Crippen LogP contribution in [0.15, 0.2) is 30.3 Å². The molecule has 1 unspecified atom stereocenters. The molecule has 0 saturated heterocycles. The van der Waals surface area contributed by atoms with Crippen molar-refractivity contribution in [2.24, 2.45) is 0 Å². The van der Waals surface area contributed by atoms with Crippen molar-refractivity contribution in [2.75, 3.05) is 33.4 Å². The van der Waals surface area contributed by atoms with E-state index in [4.69, 9.17) is 9.47 Å². The number of hydrogen-bond acceptors (Lipinski definition) is 4. The second kappa shape index (κ2) is 10.2. The number of para-hydroxylation sites is 1. The molecular formula is C15H24N2O3. The summed E-state index contributed by atoms with van der Waals surface area (Å²) < 4.78 is 10.5. The molecule has 0 spiro atoms. The van der Waals surface area contributed by atoms with E-state index in [1.165, 1.54) is 0 Å². The van der Waals surface area contributed by atoms with Crippen LogP contribution in [0.2, 0.25) is 0 Å². The lowest BCUT2D eigenvalue weighted by molar-refractivity contribution is -0.122. The predicted octanol–water partition coefficient (Wildman–Crippen LogP) is 1.20. The third-order valence-electron chi connectivity index (χ3n) is 2.78.